The molecular weight excluding hydrogens is 413 g/mol. The minimum Gasteiger partial charge on any atom is -0.461 e. The van der Waals surface area contributed by atoms with Crippen LogP contribution in [0.25, 0.3) is 11.1 Å². The van der Waals surface area contributed by atoms with E-state index < -0.39 is 33.6 Å². The van der Waals surface area contributed by atoms with E-state index in [0.29, 0.717) is 11.1 Å². The maximum absolute atomic E-state index is 14.6. The first-order chi connectivity index (χ1) is 14.2. The summed E-state index contributed by atoms with van der Waals surface area (Å²) in [5, 5.41) is 6.23. The lowest BCUT2D eigenvalue weighted by atomic mass is 10.0. The number of hydrogen-bond donors (Lipinski definition) is 2. The standard InChI is InChI=1S/C20H20FN3O5S/c1-3-29-20(26)17-11-16(23-24-17)19(25)22-15-9-8-12(10-14(15)21)13-6-4-5-7-18(13)30(2,27)28/h4-10,16,23H,3,11H2,1-2H3,(H,22,25). The minimum absolute atomic E-state index is 0.0199. The lowest BCUT2D eigenvalue weighted by molar-refractivity contribution is -0.135. The number of hydrazone groups is 1. The Morgan fingerprint density at radius 3 is 2.67 bits per heavy atom. The van der Waals surface area contributed by atoms with Crippen molar-refractivity contribution in [2.24, 2.45) is 5.10 Å². The second-order valence-corrected chi connectivity index (χ2v) is 8.60. The van der Waals surface area contributed by atoms with Gasteiger partial charge in [0.05, 0.1) is 17.2 Å². The third-order valence-corrected chi connectivity index (χ3v) is 5.56. The molecule has 0 saturated carbocycles. The van der Waals surface area contributed by atoms with Gasteiger partial charge >= 0.3 is 5.97 Å². The fourth-order valence-corrected chi connectivity index (χ4v) is 3.88. The van der Waals surface area contributed by atoms with E-state index in [2.05, 4.69) is 15.8 Å². The van der Waals surface area contributed by atoms with Crippen molar-refractivity contribution in [3.63, 3.8) is 0 Å². The van der Waals surface area contributed by atoms with Crippen molar-refractivity contribution < 1.29 is 27.1 Å². The fraction of sp³-hybridized carbons (Fsp3) is 0.250. The van der Waals surface area contributed by atoms with Gasteiger partial charge in [0.2, 0.25) is 5.91 Å². The molecule has 2 N–H and O–H groups in total. The van der Waals surface area contributed by atoms with Gasteiger partial charge in [0.25, 0.3) is 0 Å². The van der Waals surface area contributed by atoms with Gasteiger partial charge in [-0.1, -0.05) is 24.3 Å². The molecule has 1 unspecified atom stereocenters. The first-order valence-electron chi connectivity index (χ1n) is 9.09. The van der Waals surface area contributed by atoms with E-state index >= 15 is 0 Å². The molecule has 2 aromatic carbocycles. The molecule has 0 aromatic heterocycles. The summed E-state index contributed by atoms with van der Waals surface area (Å²) < 4.78 is 43.4. The Labute approximate surface area is 173 Å². The predicted octanol–water partition coefficient (Wildman–Crippen LogP) is 2.12. The summed E-state index contributed by atoms with van der Waals surface area (Å²) in [7, 11) is -3.50. The molecule has 1 atom stereocenters. The smallest absolute Gasteiger partial charge is 0.354 e. The number of carbonyl (C=O) groups excluding carboxylic acids is 2. The number of esters is 1. The fourth-order valence-electron chi connectivity index (χ4n) is 2.97. The molecular formula is C20H20FN3O5S. The van der Waals surface area contributed by atoms with Crippen molar-refractivity contribution in [3.05, 3.63) is 48.3 Å². The predicted molar refractivity (Wildman–Crippen MR) is 109 cm³/mol. The SMILES string of the molecule is CCOC(=O)C1=NNC(C(=O)Nc2ccc(-c3ccccc3S(C)(=O)=O)cc2F)C1. The number of carbonyl (C=O) groups is 2. The number of halogens is 1. The summed E-state index contributed by atoms with van der Waals surface area (Å²) in [6, 6.07) is 9.47. The van der Waals surface area contributed by atoms with Crippen LogP contribution in [0.5, 0.6) is 0 Å². The first-order valence-corrected chi connectivity index (χ1v) is 11.0. The average Bonchev–Trinajstić information content (AvgIpc) is 3.19. The van der Waals surface area contributed by atoms with E-state index in [4.69, 9.17) is 4.74 Å². The molecule has 8 nitrogen and oxygen atoms in total. The molecule has 158 valence electrons. The summed E-state index contributed by atoms with van der Waals surface area (Å²) in [6.07, 6.45) is 1.10. The Hall–Kier alpha value is -3.27. The van der Waals surface area contributed by atoms with Crippen LogP contribution >= 0.6 is 0 Å². The summed E-state index contributed by atoms with van der Waals surface area (Å²) in [5.41, 5.74) is 3.27. The van der Waals surface area contributed by atoms with Gasteiger partial charge in [-0.15, -0.1) is 0 Å². The van der Waals surface area contributed by atoms with Crippen LogP contribution in [-0.2, 0) is 24.2 Å². The van der Waals surface area contributed by atoms with Crippen LogP contribution < -0.4 is 10.7 Å². The topological polar surface area (TPSA) is 114 Å². The van der Waals surface area contributed by atoms with E-state index in [-0.39, 0.29) is 29.3 Å². The summed E-state index contributed by atoms with van der Waals surface area (Å²) in [4.78, 5) is 24.1. The van der Waals surface area contributed by atoms with Crippen molar-refractivity contribution in [1.82, 2.24) is 5.43 Å². The molecule has 0 saturated heterocycles. The third kappa shape index (κ3) is 4.65. The zero-order chi connectivity index (χ0) is 21.9. The molecule has 0 radical (unpaired) electrons. The lowest BCUT2D eigenvalue weighted by Crippen LogP contribution is -2.35. The maximum Gasteiger partial charge on any atom is 0.354 e. The molecule has 2 aromatic rings. The number of rotatable bonds is 6. The van der Waals surface area contributed by atoms with Crippen molar-refractivity contribution in [2.45, 2.75) is 24.3 Å². The highest BCUT2D eigenvalue weighted by Gasteiger charge is 2.30. The van der Waals surface area contributed by atoms with Gasteiger partial charge in [0.15, 0.2) is 9.84 Å². The zero-order valence-electron chi connectivity index (χ0n) is 16.3. The van der Waals surface area contributed by atoms with Gasteiger partial charge in [-0.2, -0.15) is 5.10 Å². The van der Waals surface area contributed by atoms with Gasteiger partial charge in [-0.05, 0) is 30.7 Å². The molecule has 1 aliphatic heterocycles. The monoisotopic (exact) mass is 433 g/mol. The number of sulfone groups is 1. The number of hydrogen-bond acceptors (Lipinski definition) is 7. The summed E-state index contributed by atoms with van der Waals surface area (Å²) in [5.74, 6) is -1.91. The van der Waals surface area contributed by atoms with Crippen LogP contribution in [0, 0.1) is 5.82 Å². The molecule has 30 heavy (non-hydrogen) atoms. The van der Waals surface area contributed by atoms with Gasteiger partial charge in [0, 0.05) is 18.2 Å². The Morgan fingerprint density at radius 2 is 2.00 bits per heavy atom. The number of nitrogens with one attached hydrogen (secondary N) is 2. The Kier molecular flexibility index (Phi) is 6.16. The molecule has 10 heteroatoms. The molecule has 0 spiro atoms. The van der Waals surface area contributed by atoms with Crippen LogP contribution in [0.1, 0.15) is 13.3 Å². The van der Waals surface area contributed by atoms with E-state index in [1.165, 1.54) is 18.2 Å². The highest BCUT2D eigenvalue weighted by Crippen LogP contribution is 2.30. The molecule has 0 fully saturated rings. The van der Waals surface area contributed by atoms with E-state index in [1.807, 2.05) is 0 Å². The quantitative estimate of drug-likeness (QED) is 0.675. The van der Waals surface area contributed by atoms with E-state index in [1.54, 1.807) is 25.1 Å². The van der Waals surface area contributed by atoms with Crippen LogP contribution in [0.4, 0.5) is 10.1 Å². The van der Waals surface area contributed by atoms with Crippen molar-refractivity contribution in [2.75, 3.05) is 18.2 Å². The Morgan fingerprint density at radius 1 is 1.27 bits per heavy atom. The number of ether oxygens (including phenoxy) is 1. The Balaban J connectivity index is 1.75. The van der Waals surface area contributed by atoms with Crippen LogP contribution in [0.15, 0.2) is 52.5 Å². The van der Waals surface area contributed by atoms with Gasteiger partial charge < -0.3 is 10.1 Å². The summed E-state index contributed by atoms with van der Waals surface area (Å²) >= 11 is 0. The van der Waals surface area contributed by atoms with Crippen molar-refractivity contribution in [3.8, 4) is 11.1 Å². The summed E-state index contributed by atoms with van der Waals surface area (Å²) in [6.45, 7) is 1.85. The molecule has 1 amide bonds. The van der Waals surface area contributed by atoms with E-state index in [0.717, 1.165) is 12.3 Å². The Bertz CT molecular complexity index is 1130. The first kappa shape index (κ1) is 21.4. The van der Waals surface area contributed by atoms with Crippen molar-refractivity contribution in [1.29, 1.82) is 0 Å². The van der Waals surface area contributed by atoms with Gasteiger partial charge in [0.1, 0.15) is 17.6 Å². The minimum atomic E-state index is -3.50. The molecule has 0 aliphatic carbocycles. The van der Waals surface area contributed by atoms with Crippen LogP contribution in [-0.4, -0.2) is 44.9 Å². The van der Waals surface area contributed by atoms with Gasteiger partial charge in [-0.25, -0.2) is 17.6 Å². The normalized spacial score (nSPS) is 15.8. The molecule has 1 heterocycles. The lowest BCUT2D eigenvalue weighted by Gasteiger charge is -2.13. The van der Waals surface area contributed by atoms with Crippen molar-refractivity contribution >= 4 is 33.1 Å². The highest BCUT2D eigenvalue weighted by atomic mass is 32.2. The highest BCUT2D eigenvalue weighted by molar-refractivity contribution is 7.90. The van der Waals surface area contributed by atoms with E-state index in [9.17, 15) is 22.4 Å². The largest absolute Gasteiger partial charge is 0.461 e. The average molecular weight is 433 g/mol. The zero-order valence-corrected chi connectivity index (χ0v) is 17.1. The molecule has 3 rings (SSSR count). The second kappa shape index (κ2) is 8.62. The number of benzene rings is 2. The number of amides is 1. The maximum atomic E-state index is 14.6. The van der Waals surface area contributed by atoms with Crippen LogP contribution in [0.3, 0.4) is 0 Å². The number of nitrogens with zero attached hydrogens (tertiary/aromatic N) is 1. The molecule has 0 bridgehead atoms. The van der Waals surface area contributed by atoms with Crippen LogP contribution in [0.2, 0.25) is 0 Å². The number of anilines is 1. The third-order valence-electron chi connectivity index (χ3n) is 4.40. The molecule has 1 aliphatic rings. The van der Waals surface area contributed by atoms with Gasteiger partial charge in [-0.3, -0.25) is 10.2 Å². The second-order valence-electron chi connectivity index (χ2n) is 6.62.